The number of allylic oxidation sites excluding steroid dienone is 1. The Morgan fingerprint density at radius 3 is 2.64 bits per heavy atom. The maximum Gasteiger partial charge on any atom is 0.338 e. The van der Waals surface area contributed by atoms with Gasteiger partial charge in [0, 0.05) is 21.7 Å². The van der Waals surface area contributed by atoms with Gasteiger partial charge in [-0.1, -0.05) is 64.3 Å². The molecular weight excluding hydrogens is 543 g/mol. The zero-order valence-corrected chi connectivity index (χ0v) is 22.0. The Labute approximate surface area is 224 Å². The van der Waals surface area contributed by atoms with Crippen LogP contribution < -0.4 is 14.9 Å². The van der Waals surface area contributed by atoms with Crippen molar-refractivity contribution in [3.05, 3.63) is 112 Å². The molecule has 10 heteroatoms. The number of aromatic nitrogens is 1. The van der Waals surface area contributed by atoms with E-state index in [0.29, 0.717) is 52.7 Å². The van der Waals surface area contributed by atoms with E-state index < -0.39 is 12.0 Å². The maximum absolute atomic E-state index is 13.6. The zero-order valence-electron chi connectivity index (χ0n) is 18.9. The summed E-state index contributed by atoms with van der Waals surface area (Å²) >= 11 is 20.1. The van der Waals surface area contributed by atoms with Crippen LogP contribution in [0.2, 0.25) is 15.1 Å². The molecule has 5 rings (SSSR count). The number of fused-ring (bicyclic) bond motifs is 1. The van der Waals surface area contributed by atoms with Gasteiger partial charge in [0.2, 0.25) is 0 Å². The number of benzene rings is 2. The van der Waals surface area contributed by atoms with Gasteiger partial charge in [0.05, 0.1) is 27.9 Å². The highest BCUT2D eigenvalue weighted by Gasteiger charge is 2.34. The topological polar surface area (TPSA) is 73.8 Å². The Bertz CT molecular complexity index is 1730. The van der Waals surface area contributed by atoms with E-state index in [2.05, 4.69) is 4.99 Å². The molecule has 2 aromatic heterocycles. The minimum atomic E-state index is -0.790. The van der Waals surface area contributed by atoms with E-state index in [1.165, 1.54) is 23.0 Å². The van der Waals surface area contributed by atoms with Crippen LogP contribution in [0.25, 0.3) is 17.4 Å². The van der Waals surface area contributed by atoms with Gasteiger partial charge in [-0.3, -0.25) is 9.36 Å². The van der Waals surface area contributed by atoms with Gasteiger partial charge in [-0.05, 0) is 48.9 Å². The van der Waals surface area contributed by atoms with E-state index in [4.69, 9.17) is 44.0 Å². The molecule has 36 heavy (non-hydrogen) atoms. The van der Waals surface area contributed by atoms with Crippen LogP contribution in [0.1, 0.15) is 24.3 Å². The molecule has 0 saturated carbocycles. The molecule has 1 aliphatic heterocycles. The number of thiazole rings is 1. The summed E-state index contributed by atoms with van der Waals surface area (Å²) in [7, 11) is 1.29. The molecule has 1 unspecified atom stereocenters. The van der Waals surface area contributed by atoms with Crippen LogP contribution in [0.4, 0.5) is 0 Å². The maximum atomic E-state index is 13.6. The summed E-state index contributed by atoms with van der Waals surface area (Å²) < 4.78 is 12.8. The van der Waals surface area contributed by atoms with Crippen LogP contribution in [0.15, 0.2) is 80.1 Å². The van der Waals surface area contributed by atoms with Gasteiger partial charge in [-0.2, -0.15) is 0 Å². The molecule has 0 spiro atoms. The fourth-order valence-corrected chi connectivity index (χ4v) is 5.72. The second-order valence-electron chi connectivity index (χ2n) is 7.92. The molecular formula is C26H17Cl3N2O4S. The van der Waals surface area contributed by atoms with Crippen LogP contribution in [-0.2, 0) is 9.53 Å². The molecule has 0 saturated heterocycles. The Balaban J connectivity index is 1.67. The smallest absolute Gasteiger partial charge is 0.338 e. The van der Waals surface area contributed by atoms with Crippen molar-refractivity contribution in [1.29, 1.82) is 0 Å². The van der Waals surface area contributed by atoms with Gasteiger partial charge in [0.25, 0.3) is 5.56 Å². The quantitative estimate of drug-likeness (QED) is 0.304. The van der Waals surface area contributed by atoms with E-state index in [-0.39, 0.29) is 11.1 Å². The highest BCUT2D eigenvalue weighted by molar-refractivity contribution is 7.07. The Morgan fingerprint density at radius 2 is 1.89 bits per heavy atom. The van der Waals surface area contributed by atoms with Crippen molar-refractivity contribution in [2.75, 3.05) is 7.11 Å². The molecule has 2 aromatic carbocycles. The first kappa shape index (κ1) is 24.6. The molecule has 0 aliphatic carbocycles. The molecule has 182 valence electrons. The Morgan fingerprint density at radius 1 is 1.11 bits per heavy atom. The van der Waals surface area contributed by atoms with E-state index in [0.717, 1.165) is 0 Å². The standard InChI is InChI=1S/C26H17Cl3N2O4S/c1-13-22(25(33)34-2)23(16-5-3-4-6-18(16)28)31-24(32)21(36-26(31)30-13)12-15-8-10-20(35-15)17-11-14(27)7-9-19(17)29/h3-12,23H,1-2H3/b21-12+. The van der Waals surface area contributed by atoms with Gasteiger partial charge in [0.15, 0.2) is 4.80 Å². The van der Waals surface area contributed by atoms with Crippen molar-refractivity contribution < 1.29 is 13.9 Å². The number of hydrogen-bond acceptors (Lipinski definition) is 6. The second-order valence-corrected chi connectivity index (χ2v) is 10.2. The number of esters is 1. The third-order valence-corrected chi connectivity index (χ3v) is 7.61. The third-order valence-electron chi connectivity index (χ3n) is 5.72. The Hall–Kier alpha value is -3.10. The lowest BCUT2D eigenvalue weighted by atomic mass is 9.96. The summed E-state index contributed by atoms with van der Waals surface area (Å²) in [6.07, 6.45) is 1.63. The van der Waals surface area contributed by atoms with Crippen LogP contribution in [0.5, 0.6) is 0 Å². The monoisotopic (exact) mass is 558 g/mol. The fraction of sp³-hybridized carbons (Fsp3) is 0.115. The number of nitrogens with zero attached hydrogens (tertiary/aromatic N) is 2. The van der Waals surface area contributed by atoms with Gasteiger partial charge in [-0.15, -0.1) is 0 Å². The first-order chi connectivity index (χ1) is 17.3. The normalized spacial score (nSPS) is 15.6. The minimum absolute atomic E-state index is 0.250. The molecule has 0 radical (unpaired) electrons. The SMILES string of the molecule is COC(=O)C1=C(C)N=c2s/c(=C/c3ccc(-c4cc(Cl)ccc4Cl)o3)c(=O)n2C1c1ccccc1Cl. The number of carbonyl (C=O) groups excluding carboxylic acids is 1. The van der Waals surface area contributed by atoms with Crippen molar-refractivity contribution in [1.82, 2.24) is 4.57 Å². The van der Waals surface area contributed by atoms with Crippen LogP contribution in [0, 0.1) is 0 Å². The lowest BCUT2D eigenvalue weighted by Crippen LogP contribution is -2.39. The number of carbonyl (C=O) groups is 1. The number of furan rings is 1. The highest BCUT2D eigenvalue weighted by Crippen LogP contribution is 2.35. The first-order valence-electron chi connectivity index (χ1n) is 10.7. The number of methoxy groups -OCH3 is 1. The largest absolute Gasteiger partial charge is 0.466 e. The van der Waals surface area contributed by atoms with Crippen molar-refractivity contribution in [3.63, 3.8) is 0 Å². The molecule has 0 fully saturated rings. The lowest BCUT2D eigenvalue weighted by molar-refractivity contribution is -0.136. The molecule has 4 aromatic rings. The minimum Gasteiger partial charge on any atom is -0.466 e. The van der Waals surface area contributed by atoms with Crippen molar-refractivity contribution in [3.8, 4) is 11.3 Å². The van der Waals surface area contributed by atoms with Crippen molar-refractivity contribution in [2.45, 2.75) is 13.0 Å². The van der Waals surface area contributed by atoms with Crippen molar-refractivity contribution >= 4 is 58.2 Å². The molecule has 0 N–H and O–H groups in total. The second kappa shape index (κ2) is 9.75. The molecule has 3 heterocycles. The lowest BCUT2D eigenvalue weighted by Gasteiger charge is -2.25. The van der Waals surface area contributed by atoms with E-state index in [9.17, 15) is 9.59 Å². The van der Waals surface area contributed by atoms with Gasteiger partial charge in [-0.25, -0.2) is 9.79 Å². The van der Waals surface area contributed by atoms with E-state index >= 15 is 0 Å². The fourth-order valence-electron chi connectivity index (χ4n) is 4.07. The molecule has 6 nitrogen and oxygen atoms in total. The van der Waals surface area contributed by atoms with Crippen molar-refractivity contribution in [2.24, 2.45) is 4.99 Å². The third kappa shape index (κ3) is 4.33. The summed E-state index contributed by atoms with van der Waals surface area (Å²) in [5, 5.41) is 1.43. The number of halogens is 3. The number of ether oxygens (including phenoxy) is 1. The van der Waals surface area contributed by atoms with Gasteiger partial charge >= 0.3 is 5.97 Å². The van der Waals surface area contributed by atoms with Crippen LogP contribution in [-0.4, -0.2) is 17.6 Å². The highest BCUT2D eigenvalue weighted by atomic mass is 35.5. The predicted octanol–water partition coefficient (Wildman–Crippen LogP) is 5.63. The average Bonchev–Trinajstić information content (AvgIpc) is 3.44. The molecule has 0 amide bonds. The molecule has 1 atom stereocenters. The molecule has 0 bridgehead atoms. The number of hydrogen-bond donors (Lipinski definition) is 0. The predicted molar refractivity (Wildman–Crippen MR) is 141 cm³/mol. The van der Waals surface area contributed by atoms with Crippen LogP contribution in [0.3, 0.4) is 0 Å². The van der Waals surface area contributed by atoms with Gasteiger partial charge in [0.1, 0.15) is 17.6 Å². The van der Waals surface area contributed by atoms with E-state index in [1.54, 1.807) is 67.6 Å². The Kier molecular flexibility index (Phi) is 6.66. The zero-order chi connectivity index (χ0) is 25.6. The summed E-state index contributed by atoms with van der Waals surface area (Å²) in [6, 6.07) is 14.9. The van der Waals surface area contributed by atoms with E-state index in [1.807, 2.05) is 0 Å². The molecule has 1 aliphatic rings. The summed E-state index contributed by atoms with van der Waals surface area (Å²) in [5.74, 6) is 0.383. The summed E-state index contributed by atoms with van der Waals surface area (Å²) in [5.41, 5.74) is 1.60. The van der Waals surface area contributed by atoms with Gasteiger partial charge < -0.3 is 9.15 Å². The average molecular weight is 560 g/mol. The summed E-state index contributed by atoms with van der Waals surface area (Å²) in [6.45, 7) is 1.71. The summed E-state index contributed by atoms with van der Waals surface area (Å²) in [4.78, 5) is 31.3. The first-order valence-corrected chi connectivity index (χ1v) is 12.6. The number of rotatable bonds is 4. The van der Waals surface area contributed by atoms with Crippen LogP contribution >= 0.6 is 46.1 Å².